The van der Waals surface area contributed by atoms with Crippen LogP contribution in [0.4, 0.5) is 0 Å². The fourth-order valence-electron chi connectivity index (χ4n) is 1.62. The van der Waals surface area contributed by atoms with Gasteiger partial charge in [-0.25, -0.2) is 0 Å². The lowest BCUT2D eigenvalue weighted by atomic mass is 10.1. The summed E-state index contributed by atoms with van der Waals surface area (Å²) in [6, 6.07) is 8.17. The molecule has 4 nitrogen and oxygen atoms in total. The van der Waals surface area contributed by atoms with Crippen LogP contribution in [0.1, 0.15) is 18.1 Å². The maximum absolute atomic E-state index is 11.6. The monoisotopic (exact) mass is 250 g/mol. The number of carbonyl (C=O) groups is 1. The van der Waals surface area contributed by atoms with Crippen LogP contribution in [0.5, 0.6) is 0 Å². The van der Waals surface area contributed by atoms with E-state index in [4.69, 9.17) is 4.74 Å². The van der Waals surface area contributed by atoms with Crippen LogP contribution in [0.25, 0.3) is 0 Å². The molecule has 18 heavy (non-hydrogen) atoms. The first kappa shape index (κ1) is 14.7. The lowest BCUT2D eigenvalue weighted by Gasteiger charge is -2.14. The van der Waals surface area contributed by atoms with Gasteiger partial charge in [0.2, 0.25) is 5.91 Å². The molecule has 0 aromatic heterocycles. The van der Waals surface area contributed by atoms with E-state index in [2.05, 4.69) is 11.4 Å². The predicted molar refractivity (Wildman–Crippen MR) is 72.2 cm³/mol. The molecule has 0 aliphatic rings. The van der Waals surface area contributed by atoms with Crippen LogP contribution in [0.15, 0.2) is 24.3 Å². The zero-order valence-corrected chi connectivity index (χ0v) is 11.4. The molecule has 0 aliphatic heterocycles. The fraction of sp³-hybridized carbons (Fsp3) is 0.500. The molecule has 0 bridgehead atoms. The van der Waals surface area contributed by atoms with Gasteiger partial charge in [-0.05, 0) is 18.1 Å². The van der Waals surface area contributed by atoms with Gasteiger partial charge < -0.3 is 15.0 Å². The van der Waals surface area contributed by atoms with Crippen LogP contribution in [0.2, 0.25) is 0 Å². The van der Waals surface area contributed by atoms with Crippen molar-refractivity contribution in [1.29, 1.82) is 0 Å². The van der Waals surface area contributed by atoms with Gasteiger partial charge in [0, 0.05) is 27.2 Å². The van der Waals surface area contributed by atoms with Gasteiger partial charge in [0.05, 0.1) is 13.2 Å². The van der Waals surface area contributed by atoms with E-state index >= 15 is 0 Å². The number of methoxy groups -OCH3 is 1. The minimum absolute atomic E-state index is 0.116. The van der Waals surface area contributed by atoms with Crippen molar-refractivity contribution in [2.24, 2.45) is 0 Å². The van der Waals surface area contributed by atoms with E-state index < -0.39 is 0 Å². The van der Waals surface area contributed by atoms with E-state index in [1.54, 1.807) is 12.0 Å². The average molecular weight is 250 g/mol. The molecular weight excluding hydrogens is 228 g/mol. The van der Waals surface area contributed by atoms with Crippen molar-refractivity contribution >= 4 is 5.91 Å². The third-order valence-electron chi connectivity index (χ3n) is 2.81. The number of carbonyl (C=O) groups excluding carboxylic acids is 1. The van der Waals surface area contributed by atoms with E-state index in [1.165, 1.54) is 0 Å². The second kappa shape index (κ2) is 7.84. The molecule has 0 unspecified atom stereocenters. The van der Waals surface area contributed by atoms with Gasteiger partial charge in [0.15, 0.2) is 0 Å². The summed E-state index contributed by atoms with van der Waals surface area (Å²) in [5.74, 6) is 0.116. The molecule has 1 aromatic rings. The smallest absolute Gasteiger partial charge is 0.236 e. The first-order chi connectivity index (χ1) is 8.67. The molecule has 0 spiro atoms. The maximum atomic E-state index is 11.6. The summed E-state index contributed by atoms with van der Waals surface area (Å²) in [6.07, 6.45) is 0. The minimum Gasteiger partial charge on any atom is -0.380 e. The number of ether oxygens (including phenoxy) is 1. The van der Waals surface area contributed by atoms with Crippen molar-refractivity contribution in [3.63, 3.8) is 0 Å². The highest BCUT2D eigenvalue weighted by molar-refractivity contribution is 5.77. The van der Waals surface area contributed by atoms with Crippen LogP contribution in [-0.4, -0.2) is 38.1 Å². The summed E-state index contributed by atoms with van der Waals surface area (Å²) < 4.78 is 5.09. The van der Waals surface area contributed by atoms with Crippen LogP contribution in [0, 0.1) is 0 Å². The quantitative estimate of drug-likeness (QED) is 0.795. The van der Waals surface area contributed by atoms with Gasteiger partial charge in [-0.3, -0.25) is 4.79 Å². The normalized spacial score (nSPS) is 10.4. The molecule has 4 heteroatoms. The van der Waals surface area contributed by atoms with Gasteiger partial charge in [0.25, 0.3) is 0 Å². The largest absolute Gasteiger partial charge is 0.380 e. The average Bonchev–Trinajstić information content (AvgIpc) is 2.38. The van der Waals surface area contributed by atoms with Gasteiger partial charge >= 0.3 is 0 Å². The first-order valence-corrected chi connectivity index (χ1v) is 6.18. The van der Waals surface area contributed by atoms with Gasteiger partial charge in [-0.15, -0.1) is 0 Å². The minimum atomic E-state index is 0.116. The highest BCUT2D eigenvalue weighted by atomic mass is 16.5. The molecule has 1 amide bonds. The summed E-state index contributed by atoms with van der Waals surface area (Å²) in [7, 11) is 3.49. The number of hydrogen-bond donors (Lipinski definition) is 1. The van der Waals surface area contributed by atoms with Crippen molar-refractivity contribution in [3.05, 3.63) is 35.4 Å². The third kappa shape index (κ3) is 4.85. The van der Waals surface area contributed by atoms with Crippen molar-refractivity contribution in [2.45, 2.75) is 20.1 Å². The van der Waals surface area contributed by atoms with E-state index in [0.717, 1.165) is 17.7 Å². The molecular formula is C14H22N2O2. The van der Waals surface area contributed by atoms with Crippen LogP contribution < -0.4 is 5.32 Å². The maximum Gasteiger partial charge on any atom is 0.236 e. The summed E-state index contributed by atoms with van der Waals surface area (Å²) >= 11 is 0. The Bertz CT molecular complexity index is 380. The van der Waals surface area contributed by atoms with Crippen molar-refractivity contribution in [3.8, 4) is 0 Å². The standard InChI is InChI=1S/C14H22N2O2/c1-4-16(2)14(17)10-15-9-12-6-5-7-13(8-12)11-18-3/h5-8,15H,4,9-11H2,1-3H3. The van der Waals surface area contributed by atoms with Crippen LogP contribution >= 0.6 is 0 Å². The van der Waals surface area contributed by atoms with E-state index in [0.29, 0.717) is 19.7 Å². The van der Waals surface area contributed by atoms with Crippen molar-refractivity contribution in [1.82, 2.24) is 10.2 Å². The number of benzene rings is 1. The van der Waals surface area contributed by atoms with E-state index in [1.807, 2.05) is 32.2 Å². The Balaban J connectivity index is 2.39. The number of nitrogens with zero attached hydrogens (tertiary/aromatic N) is 1. The topological polar surface area (TPSA) is 41.6 Å². The Kier molecular flexibility index (Phi) is 6.39. The predicted octanol–water partition coefficient (Wildman–Crippen LogP) is 1.40. The molecule has 0 atom stereocenters. The molecule has 0 heterocycles. The first-order valence-electron chi connectivity index (χ1n) is 6.18. The number of amides is 1. The molecule has 0 fully saturated rings. The zero-order chi connectivity index (χ0) is 13.4. The summed E-state index contributed by atoms with van der Waals surface area (Å²) in [6.45, 7) is 4.39. The highest BCUT2D eigenvalue weighted by Gasteiger charge is 2.05. The zero-order valence-electron chi connectivity index (χ0n) is 11.4. The summed E-state index contributed by atoms with van der Waals surface area (Å²) in [5.41, 5.74) is 2.31. The number of likely N-dealkylation sites (N-methyl/N-ethyl adjacent to an activating group) is 1. The number of hydrogen-bond acceptors (Lipinski definition) is 3. The van der Waals surface area contributed by atoms with Crippen molar-refractivity contribution in [2.75, 3.05) is 27.2 Å². The van der Waals surface area contributed by atoms with Gasteiger partial charge in [0.1, 0.15) is 0 Å². The Labute approximate surface area is 109 Å². The fourth-order valence-corrected chi connectivity index (χ4v) is 1.62. The van der Waals surface area contributed by atoms with Crippen LogP contribution in [-0.2, 0) is 22.7 Å². The van der Waals surface area contributed by atoms with E-state index in [9.17, 15) is 4.79 Å². The molecule has 100 valence electrons. The van der Waals surface area contributed by atoms with Crippen LogP contribution in [0.3, 0.4) is 0 Å². The molecule has 0 saturated carbocycles. The third-order valence-corrected chi connectivity index (χ3v) is 2.81. The second-order valence-electron chi connectivity index (χ2n) is 4.26. The SMILES string of the molecule is CCN(C)C(=O)CNCc1cccc(COC)c1. The Hall–Kier alpha value is -1.39. The second-order valence-corrected chi connectivity index (χ2v) is 4.26. The molecule has 0 saturated heterocycles. The summed E-state index contributed by atoms with van der Waals surface area (Å²) in [5, 5.41) is 3.15. The summed E-state index contributed by atoms with van der Waals surface area (Å²) in [4.78, 5) is 13.3. The Morgan fingerprint density at radius 1 is 1.39 bits per heavy atom. The molecule has 0 radical (unpaired) electrons. The Morgan fingerprint density at radius 3 is 2.78 bits per heavy atom. The molecule has 0 aliphatic carbocycles. The van der Waals surface area contributed by atoms with E-state index in [-0.39, 0.29) is 5.91 Å². The van der Waals surface area contributed by atoms with Gasteiger partial charge in [-0.1, -0.05) is 24.3 Å². The highest BCUT2D eigenvalue weighted by Crippen LogP contribution is 2.06. The van der Waals surface area contributed by atoms with Crippen molar-refractivity contribution < 1.29 is 9.53 Å². The number of rotatable bonds is 7. The molecule has 1 N–H and O–H groups in total. The molecule has 1 aromatic carbocycles. The lowest BCUT2D eigenvalue weighted by molar-refractivity contribution is -0.128. The molecule has 1 rings (SSSR count). The lowest BCUT2D eigenvalue weighted by Crippen LogP contribution is -2.35. The Morgan fingerprint density at radius 2 is 2.11 bits per heavy atom. The number of nitrogens with one attached hydrogen (secondary N) is 1. The van der Waals surface area contributed by atoms with Gasteiger partial charge in [-0.2, -0.15) is 0 Å².